The van der Waals surface area contributed by atoms with Gasteiger partial charge in [-0.2, -0.15) is 0 Å². The summed E-state index contributed by atoms with van der Waals surface area (Å²) >= 11 is 0. The predicted molar refractivity (Wildman–Crippen MR) is 116 cm³/mol. The molecule has 0 aromatic heterocycles. The number of benzene rings is 3. The first kappa shape index (κ1) is 19.9. The maximum Gasteiger partial charge on any atom is 0.223 e. The topological polar surface area (TPSA) is 20.3 Å². The summed E-state index contributed by atoms with van der Waals surface area (Å²) in [6.07, 6.45) is 2.60. The number of carbonyl (C=O) groups excluding carboxylic acids is 1. The average Bonchev–Trinajstić information content (AvgIpc) is 2.76. The van der Waals surface area contributed by atoms with Gasteiger partial charge >= 0.3 is 0 Å². The molecule has 0 aliphatic heterocycles. The lowest BCUT2D eigenvalue weighted by Gasteiger charge is -2.26. The van der Waals surface area contributed by atoms with Crippen LogP contribution in [0.4, 0.5) is 0 Å². The van der Waals surface area contributed by atoms with Gasteiger partial charge in [-0.15, -0.1) is 0 Å². The zero-order valence-electron chi connectivity index (χ0n) is 16.6. The third-order valence-electron chi connectivity index (χ3n) is 5.13. The molecule has 0 atom stereocenters. The van der Waals surface area contributed by atoms with Crippen LogP contribution in [-0.2, 0) is 11.3 Å². The van der Waals surface area contributed by atoms with Gasteiger partial charge in [0.15, 0.2) is 0 Å². The highest BCUT2D eigenvalue weighted by Gasteiger charge is 2.22. The van der Waals surface area contributed by atoms with Gasteiger partial charge in [0, 0.05) is 25.4 Å². The summed E-state index contributed by atoms with van der Waals surface area (Å²) < 4.78 is 0. The van der Waals surface area contributed by atoms with Crippen molar-refractivity contribution < 1.29 is 4.79 Å². The Morgan fingerprint density at radius 2 is 1.29 bits per heavy atom. The molecule has 28 heavy (non-hydrogen) atoms. The molecule has 0 saturated carbocycles. The molecule has 0 radical (unpaired) electrons. The van der Waals surface area contributed by atoms with Crippen molar-refractivity contribution in [2.24, 2.45) is 0 Å². The molecule has 0 saturated heterocycles. The molecule has 0 aliphatic carbocycles. The minimum atomic E-state index is 0.0785. The second-order valence-corrected chi connectivity index (χ2v) is 7.23. The summed E-state index contributed by atoms with van der Waals surface area (Å²) in [7, 11) is 0. The van der Waals surface area contributed by atoms with Crippen molar-refractivity contribution in [3.05, 3.63) is 108 Å². The molecule has 2 nitrogen and oxygen atoms in total. The van der Waals surface area contributed by atoms with Crippen molar-refractivity contribution in [2.45, 2.75) is 38.6 Å². The van der Waals surface area contributed by atoms with E-state index in [-0.39, 0.29) is 11.8 Å². The van der Waals surface area contributed by atoms with Crippen LogP contribution in [0, 0.1) is 0 Å². The lowest BCUT2D eigenvalue weighted by atomic mass is 9.88. The van der Waals surface area contributed by atoms with Gasteiger partial charge in [0.2, 0.25) is 5.91 Å². The lowest BCUT2D eigenvalue weighted by Crippen LogP contribution is -2.32. The number of carbonyl (C=O) groups is 1. The number of hydrogen-bond donors (Lipinski definition) is 0. The second kappa shape index (κ2) is 10.5. The van der Waals surface area contributed by atoms with Crippen molar-refractivity contribution in [1.29, 1.82) is 0 Å². The van der Waals surface area contributed by atoms with Gasteiger partial charge in [-0.1, -0.05) is 104 Å². The van der Waals surface area contributed by atoms with E-state index in [1.54, 1.807) is 0 Å². The summed E-state index contributed by atoms with van der Waals surface area (Å²) in [5, 5.41) is 0. The lowest BCUT2D eigenvalue weighted by molar-refractivity contribution is -0.132. The minimum absolute atomic E-state index is 0.0785. The molecule has 0 bridgehead atoms. The quantitative estimate of drug-likeness (QED) is 0.449. The second-order valence-electron chi connectivity index (χ2n) is 7.23. The Morgan fingerprint density at radius 1 is 0.786 bits per heavy atom. The van der Waals surface area contributed by atoms with Crippen LogP contribution in [0.2, 0.25) is 0 Å². The molecule has 2 heteroatoms. The van der Waals surface area contributed by atoms with E-state index in [0.29, 0.717) is 13.0 Å². The summed E-state index contributed by atoms with van der Waals surface area (Å²) in [6, 6.07) is 31.0. The molecule has 3 aromatic rings. The van der Waals surface area contributed by atoms with Crippen molar-refractivity contribution in [1.82, 2.24) is 4.90 Å². The Labute approximate surface area is 168 Å². The third kappa shape index (κ3) is 5.56. The Bertz CT molecular complexity index is 791. The van der Waals surface area contributed by atoms with E-state index >= 15 is 0 Å². The van der Waals surface area contributed by atoms with Crippen LogP contribution in [0.15, 0.2) is 91.0 Å². The zero-order chi connectivity index (χ0) is 19.6. The fourth-order valence-corrected chi connectivity index (χ4v) is 3.55. The highest BCUT2D eigenvalue weighted by Crippen LogP contribution is 2.29. The van der Waals surface area contributed by atoms with Gasteiger partial charge in [0.1, 0.15) is 0 Å². The van der Waals surface area contributed by atoms with E-state index in [4.69, 9.17) is 0 Å². The Morgan fingerprint density at radius 3 is 1.79 bits per heavy atom. The molecule has 3 rings (SSSR count). The van der Waals surface area contributed by atoms with Crippen molar-refractivity contribution in [3.63, 3.8) is 0 Å². The van der Waals surface area contributed by atoms with Crippen molar-refractivity contribution in [2.75, 3.05) is 6.54 Å². The molecule has 0 N–H and O–H groups in total. The van der Waals surface area contributed by atoms with E-state index < -0.39 is 0 Å². The molecular weight excluding hydrogens is 342 g/mol. The van der Waals surface area contributed by atoms with Crippen LogP contribution in [-0.4, -0.2) is 17.4 Å². The van der Waals surface area contributed by atoms with Crippen LogP contribution in [0.3, 0.4) is 0 Å². The number of rotatable bonds is 9. The van der Waals surface area contributed by atoms with Crippen LogP contribution in [0.25, 0.3) is 0 Å². The molecule has 144 valence electrons. The number of nitrogens with zero attached hydrogens (tertiary/aromatic N) is 1. The fourth-order valence-electron chi connectivity index (χ4n) is 3.55. The fraction of sp³-hybridized carbons (Fsp3) is 0.269. The molecular formula is C26H29NO. The molecule has 0 aliphatic rings. The average molecular weight is 372 g/mol. The van der Waals surface area contributed by atoms with E-state index in [0.717, 1.165) is 19.4 Å². The third-order valence-corrected chi connectivity index (χ3v) is 5.13. The highest BCUT2D eigenvalue weighted by atomic mass is 16.2. The molecule has 1 amide bonds. The smallest absolute Gasteiger partial charge is 0.223 e. The first-order chi connectivity index (χ1) is 13.8. The van der Waals surface area contributed by atoms with Crippen LogP contribution >= 0.6 is 0 Å². The van der Waals surface area contributed by atoms with Crippen LogP contribution in [0.1, 0.15) is 48.8 Å². The van der Waals surface area contributed by atoms with E-state index in [1.165, 1.54) is 16.7 Å². The molecule has 0 fully saturated rings. The standard InChI is InChI=1S/C26H29NO/c1-2-3-19-27(21-22-13-7-4-8-14-22)26(28)20-25(23-15-9-5-10-16-23)24-17-11-6-12-18-24/h4-18,25H,2-3,19-21H2,1H3. The van der Waals surface area contributed by atoms with E-state index in [2.05, 4.69) is 67.6 Å². The summed E-state index contributed by atoms with van der Waals surface area (Å²) in [5.41, 5.74) is 3.57. The van der Waals surface area contributed by atoms with Crippen molar-refractivity contribution >= 4 is 5.91 Å². The van der Waals surface area contributed by atoms with Gasteiger partial charge in [-0.25, -0.2) is 0 Å². The molecule has 3 aromatic carbocycles. The van der Waals surface area contributed by atoms with Gasteiger partial charge in [-0.05, 0) is 23.1 Å². The van der Waals surface area contributed by atoms with Crippen LogP contribution < -0.4 is 0 Å². The molecule has 0 spiro atoms. The summed E-state index contributed by atoms with van der Waals surface area (Å²) in [5.74, 6) is 0.296. The maximum absolute atomic E-state index is 13.3. The predicted octanol–water partition coefficient (Wildman–Crippen LogP) is 6.04. The Hall–Kier alpha value is -2.87. The molecule has 0 unspecified atom stereocenters. The maximum atomic E-state index is 13.3. The Balaban J connectivity index is 1.81. The van der Waals surface area contributed by atoms with Crippen molar-refractivity contribution in [3.8, 4) is 0 Å². The molecule has 0 heterocycles. The van der Waals surface area contributed by atoms with Gasteiger partial charge in [-0.3, -0.25) is 4.79 Å². The number of unbranched alkanes of at least 4 members (excludes halogenated alkanes) is 1. The number of hydrogen-bond acceptors (Lipinski definition) is 1. The first-order valence-corrected chi connectivity index (χ1v) is 10.2. The van der Waals surface area contributed by atoms with Crippen LogP contribution in [0.5, 0.6) is 0 Å². The van der Waals surface area contributed by atoms with Gasteiger partial charge < -0.3 is 4.90 Å². The van der Waals surface area contributed by atoms with Gasteiger partial charge in [0.25, 0.3) is 0 Å². The normalized spacial score (nSPS) is 10.8. The Kier molecular flexibility index (Phi) is 7.43. The summed E-state index contributed by atoms with van der Waals surface area (Å²) in [6.45, 7) is 3.65. The number of amides is 1. The monoisotopic (exact) mass is 371 g/mol. The van der Waals surface area contributed by atoms with E-state index in [1.807, 2.05) is 35.2 Å². The summed E-state index contributed by atoms with van der Waals surface area (Å²) in [4.78, 5) is 15.4. The van der Waals surface area contributed by atoms with Gasteiger partial charge in [0.05, 0.1) is 0 Å². The largest absolute Gasteiger partial charge is 0.338 e. The first-order valence-electron chi connectivity index (χ1n) is 10.2. The van der Waals surface area contributed by atoms with E-state index in [9.17, 15) is 4.79 Å². The highest BCUT2D eigenvalue weighted by molar-refractivity contribution is 5.77. The zero-order valence-corrected chi connectivity index (χ0v) is 16.6. The SMILES string of the molecule is CCCCN(Cc1ccccc1)C(=O)CC(c1ccccc1)c1ccccc1. The minimum Gasteiger partial charge on any atom is -0.338 e.